The molecular formula is C15H25NO. The highest BCUT2D eigenvalue weighted by Gasteiger charge is 2.10. The lowest BCUT2D eigenvalue weighted by atomic mass is 9.96. The lowest BCUT2D eigenvalue weighted by Gasteiger charge is -2.17. The van der Waals surface area contributed by atoms with E-state index in [1.807, 2.05) is 7.05 Å². The van der Waals surface area contributed by atoms with Gasteiger partial charge in [-0.05, 0) is 30.9 Å². The fraction of sp³-hybridized carbons (Fsp3) is 0.600. The molecule has 1 unspecified atom stereocenters. The van der Waals surface area contributed by atoms with Crippen LogP contribution < -0.4 is 5.32 Å². The Labute approximate surface area is 105 Å². The van der Waals surface area contributed by atoms with Crippen LogP contribution in [-0.4, -0.2) is 26.8 Å². The van der Waals surface area contributed by atoms with Gasteiger partial charge in [0.2, 0.25) is 0 Å². The third-order valence-corrected chi connectivity index (χ3v) is 2.78. The van der Waals surface area contributed by atoms with E-state index in [0.29, 0.717) is 11.8 Å². The molecule has 1 aromatic rings. The molecule has 0 heterocycles. The van der Waals surface area contributed by atoms with Crippen LogP contribution in [0, 0.1) is 5.92 Å². The van der Waals surface area contributed by atoms with E-state index >= 15 is 0 Å². The maximum atomic E-state index is 5.67. The maximum Gasteiger partial charge on any atom is 0.0488 e. The van der Waals surface area contributed by atoms with Crippen molar-refractivity contribution in [1.29, 1.82) is 0 Å². The zero-order chi connectivity index (χ0) is 12.5. The second kappa shape index (κ2) is 8.26. The van der Waals surface area contributed by atoms with Crippen LogP contribution >= 0.6 is 0 Å². The summed E-state index contributed by atoms with van der Waals surface area (Å²) in [5.41, 5.74) is 1.40. The smallest absolute Gasteiger partial charge is 0.0488 e. The number of hydrogen-bond donors (Lipinski definition) is 1. The van der Waals surface area contributed by atoms with Gasteiger partial charge in [-0.3, -0.25) is 0 Å². The number of rotatable bonds is 8. The lowest BCUT2D eigenvalue weighted by Crippen LogP contribution is -2.19. The van der Waals surface area contributed by atoms with Crippen molar-refractivity contribution in [3.05, 3.63) is 35.9 Å². The molecule has 0 aliphatic carbocycles. The normalized spacial score (nSPS) is 12.9. The van der Waals surface area contributed by atoms with Crippen molar-refractivity contribution in [2.24, 2.45) is 5.92 Å². The highest BCUT2D eigenvalue weighted by atomic mass is 16.5. The van der Waals surface area contributed by atoms with Crippen molar-refractivity contribution in [2.75, 3.05) is 26.8 Å². The number of benzene rings is 1. The molecule has 0 amide bonds. The SMILES string of the molecule is CNCC(CCOCC(C)C)c1ccccc1. The van der Waals surface area contributed by atoms with Crippen LogP contribution in [0.25, 0.3) is 0 Å². The molecule has 0 aliphatic heterocycles. The van der Waals surface area contributed by atoms with Crippen LogP contribution in [0.4, 0.5) is 0 Å². The van der Waals surface area contributed by atoms with E-state index in [0.717, 1.165) is 26.2 Å². The van der Waals surface area contributed by atoms with Crippen molar-refractivity contribution in [3.8, 4) is 0 Å². The molecule has 0 spiro atoms. The number of likely N-dealkylation sites (N-methyl/N-ethyl adjacent to an activating group) is 1. The first kappa shape index (κ1) is 14.2. The molecule has 17 heavy (non-hydrogen) atoms. The summed E-state index contributed by atoms with van der Waals surface area (Å²) in [4.78, 5) is 0. The number of nitrogens with one attached hydrogen (secondary N) is 1. The van der Waals surface area contributed by atoms with Gasteiger partial charge in [0, 0.05) is 19.8 Å². The van der Waals surface area contributed by atoms with E-state index in [1.165, 1.54) is 5.56 Å². The average Bonchev–Trinajstić information content (AvgIpc) is 2.34. The Morgan fingerprint density at radius 2 is 1.88 bits per heavy atom. The van der Waals surface area contributed by atoms with E-state index in [4.69, 9.17) is 4.74 Å². The molecule has 96 valence electrons. The summed E-state index contributed by atoms with van der Waals surface area (Å²) < 4.78 is 5.67. The Balaban J connectivity index is 2.39. The first-order valence-electron chi connectivity index (χ1n) is 6.51. The summed E-state index contributed by atoms with van der Waals surface area (Å²) in [5.74, 6) is 1.17. The van der Waals surface area contributed by atoms with E-state index < -0.39 is 0 Å². The highest BCUT2D eigenvalue weighted by Crippen LogP contribution is 2.18. The minimum absolute atomic E-state index is 0.549. The summed E-state index contributed by atoms with van der Waals surface area (Å²) in [6.45, 7) is 7.08. The predicted molar refractivity (Wildman–Crippen MR) is 73.4 cm³/mol. The van der Waals surface area contributed by atoms with E-state index in [2.05, 4.69) is 49.5 Å². The third-order valence-electron chi connectivity index (χ3n) is 2.78. The van der Waals surface area contributed by atoms with Crippen LogP contribution in [-0.2, 0) is 4.74 Å². The maximum absolute atomic E-state index is 5.67. The van der Waals surface area contributed by atoms with E-state index in [1.54, 1.807) is 0 Å². The van der Waals surface area contributed by atoms with Crippen molar-refractivity contribution >= 4 is 0 Å². The molecule has 0 radical (unpaired) electrons. The van der Waals surface area contributed by atoms with Gasteiger partial charge in [-0.15, -0.1) is 0 Å². The summed E-state index contributed by atoms with van der Waals surface area (Å²) in [6, 6.07) is 10.7. The molecule has 2 nitrogen and oxygen atoms in total. The molecule has 1 aromatic carbocycles. The third kappa shape index (κ3) is 5.85. The zero-order valence-electron chi connectivity index (χ0n) is 11.3. The Morgan fingerprint density at radius 3 is 2.47 bits per heavy atom. The Kier molecular flexibility index (Phi) is 6.90. The van der Waals surface area contributed by atoms with Crippen molar-refractivity contribution in [3.63, 3.8) is 0 Å². The highest BCUT2D eigenvalue weighted by molar-refractivity contribution is 5.19. The van der Waals surface area contributed by atoms with Gasteiger partial charge < -0.3 is 10.1 Å². The van der Waals surface area contributed by atoms with Crippen LogP contribution in [0.2, 0.25) is 0 Å². The van der Waals surface area contributed by atoms with Crippen LogP contribution in [0.1, 0.15) is 31.7 Å². The van der Waals surface area contributed by atoms with E-state index in [9.17, 15) is 0 Å². The van der Waals surface area contributed by atoms with Crippen molar-refractivity contribution < 1.29 is 4.74 Å². The molecule has 2 heteroatoms. The molecule has 1 atom stereocenters. The Bertz CT molecular complexity index is 284. The van der Waals surface area contributed by atoms with Gasteiger partial charge in [0.25, 0.3) is 0 Å². The molecule has 0 fully saturated rings. The van der Waals surface area contributed by atoms with Gasteiger partial charge in [-0.2, -0.15) is 0 Å². The zero-order valence-corrected chi connectivity index (χ0v) is 11.3. The van der Waals surface area contributed by atoms with Gasteiger partial charge in [0.1, 0.15) is 0 Å². The minimum Gasteiger partial charge on any atom is -0.381 e. The fourth-order valence-corrected chi connectivity index (χ4v) is 1.90. The van der Waals surface area contributed by atoms with Gasteiger partial charge in [-0.1, -0.05) is 44.2 Å². The molecule has 0 saturated heterocycles. The lowest BCUT2D eigenvalue weighted by molar-refractivity contribution is 0.104. The van der Waals surface area contributed by atoms with Crippen LogP contribution in [0.15, 0.2) is 30.3 Å². The summed E-state index contributed by atoms with van der Waals surface area (Å²) in [6.07, 6.45) is 1.08. The first-order valence-corrected chi connectivity index (χ1v) is 6.51. The summed E-state index contributed by atoms with van der Waals surface area (Å²) in [5, 5.41) is 3.26. The number of ether oxygens (including phenoxy) is 1. The second-order valence-corrected chi connectivity index (χ2v) is 4.92. The average molecular weight is 235 g/mol. The largest absolute Gasteiger partial charge is 0.381 e. The van der Waals surface area contributed by atoms with Crippen molar-refractivity contribution in [1.82, 2.24) is 5.32 Å². The molecule has 0 bridgehead atoms. The van der Waals surface area contributed by atoms with Gasteiger partial charge in [-0.25, -0.2) is 0 Å². The topological polar surface area (TPSA) is 21.3 Å². The van der Waals surface area contributed by atoms with Crippen LogP contribution in [0.3, 0.4) is 0 Å². The van der Waals surface area contributed by atoms with E-state index in [-0.39, 0.29) is 0 Å². The molecule has 0 aromatic heterocycles. The summed E-state index contributed by atoms with van der Waals surface area (Å²) >= 11 is 0. The molecule has 1 rings (SSSR count). The quantitative estimate of drug-likeness (QED) is 0.699. The molecule has 0 saturated carbocycles. The molecular weight excluding hydrogens is 210 g/mol. The number of hydrogen-bond acceptors (Lipinski definition) is 2. The van der Waals surface area contributed by atoms with Gasteiger partial charge in [0.05, 0.1) is 0 Å². The first-order chi connectivity index (χ1) is 8.24. The van der Waals surface area contributed by atoms with Crippen LogP contribution in [0.5, 0.6) is 0 Å². The molecule has 1 N–H and O–H groups in total. The van der Waals surface area contributed by atoms with Crippen molar-refractivity contribution in [2.45, 2.75) is 26.2 Å². The fourth-order valence-electron chi connectivity index (χ4n) is 1.90. The van der Waals surface area contributed by atoms with Gasteiger partial charge >= 0.3 is 0 Å². The standard InChI is InChI=1S/C15H25NO/c1-13(2)12-17-10-9-15(11-16-3)14-7-5-4-6-8-14/h4-8,13,15-16H,9-12H2,1-3H3. The molecule has 0 aliphatic rings. The summed E-state index contributed by atoms with van der Waals surface area (Å²) in [7, 11) is 2.00. The monoisotopic (exact) mass is 235 g/mol. The Hall–Kier alpha value is -0.860. The minimum atomic E-state index is 0.549. The second-order valence-electron chi connectivity index (χ2n) is 4.92. The predicted octanol–water partition coefficient (Wildman–Crippen LogP) is 3.05. The Morgan fingerprint density at radius 1 is 1.18 bits per heavy atom. The van der Waals surface area contributed by atoms with Gasteiger partial charge in [0.15, 0.2) is 0 Å².